The lowest BCUT2D eigenvalue weighted by molar-refractivity contribution is -0.132. The van der Waals surface area contributed by atoms with Gasteiger partial charge < -0.3 is 15.1 Å². The van der Waals surface area contributed by atoms with Gasteiger partial charge in [-0.25, -0.2) is 9.37 Å². The van der Waals surface area contributed by atoms with Crippen molar-refractivity contribution < 1.29 is 18.8 Å². The molecule has 0 aliphatic carbocycles. The second-order valence-corrected chi connectivity index (χ2v) is 10.8. The van der Waals surface area contributed by atoms with E-state index >= 15 is 0 Å². The van der Waals surface area contributed by atoms with Crippen molar-refractivity contribution in [3.8, 4) is 0 Å². The van der Waals surface area contributed by atoms with E-state index in [0.717, 1.165) is 19.6 Å². The molecule has 1 saturated heterocycles. The molecule has 2 aromatic carbocycles. The quantitative estimate of drug-likeness (QED) is 0.400. The Morgan fingerprint density at radius 3 is 2.42 bits per heavy atom. The number of thiazole rings is 1. The number of benzene rings is 2. The molecule has 1 aliphatic heterocycles. The minimum atomic E-state index is -0.433. The lowest BCUT2D eigenvalue weighted by Gasteiger charge is -2.34. The molecular weight excluding hydrogens is 529 g/mol. The van der Waals surface area contributed by atoms with Crippen LogP contribution >= 0.6 is 11.3 Å². The first-order valence-electron chi connectivity index (χ1n) is 13.3. The molecule has 1 fully saturated rings. The number of rotatable bonds is 10. The molecule has 0 atom stereocenters. The Bertz CT molecular complexity index is 1320. The third kappa shape index (κ3) is 8.30. The molecule has 8 nitrogen and oxygen atoms in total. The number of nitrogens with one attached hydrogen (secondary N) is 1. The Balaban J connectivity index is 1.22. The maximum Gasteiger partial charge on any atom is 0.254 e. The number of piperazine rings is 1. The van der Waals surface area contributed by atoms with Crippen LogP contribution in [0.2, 0.25) is 0 Å². The summed E-state index contributed by atoms with van der Waals surface area (Å²) in [5.74, 6) is -1.17. The summed E-state index contributed by atoms with van der Waals surface area (Å²) in [5, 5.41) is 4.87. The molecule has 40 heavy (non-hydrogen) atoms. The van der Waals surface area contributed by atoms with Crippen LogP contribution in [0.1, 0.15) is 35.5 Å². The molecule has 2 heterocycles. The Kier molecular flexibility index (Phi) is 10.2. The van der Waals surface area contributed by atoms with E-state index < -0.39 is 11.7 Å². The van der Waals surface area contributed by atoms with Crippen LogP contribution in [0.5, 0.6) is 0 Å². The van der Waals surface area contributed by atoms with Crippen molar-refractivity contribution >= 4 is 40.3 Å². The highest BCUT2D eigenvalue weighted by molar-refractivity contribution is 7.13. The predicted molar refractivity (Wildman–Crippen MR) is 156 cm³/mol. The zero-order valence-electron chi connectivity index (χ0n) is 22.8. The van der Waals surface area contributed by atoms with Crippen LogP contribution in [-0.2, 0) is 16.0 Å². The van der Waals surface area contributed by atoms with Crippen molar-refractivity contribution in [1.29, 1.82) is 0 Å². The van der Waals surface area contributed by atoms with Crippen LogP contribution < -0.4 is 5.32 Å². The fourth-order valence-electron chi connectivity index (χ4n) is 4.35. The van der Waals surface area contributed by atoms with Crippen molar-refractivity contribution in [1.82, 2.24) is 19.7 Å². The van der Waals surface area contributed by atoms with Crippen LogP contribution in [0.15, 0.2) is 66.1 Å². The Labute approximate surface area is 238 Å². The summed E-state index contributed by atoms with van der Waals surface area (Å²) < 4.78 is 13.2. The average Bonchev–Trinajstić information content (AvgIpc) is 3.38. The fraction of sp³-hybridized carbons (Fsp3) is 0.333. The molecule has 10 heteroatoms. The lowest BCUT2D eigenvalue weighted by Crippen LogP contribution is -2.49. The maximum atomic E-state index is 13.2. The summed E-state index contributed by atoms with van der Waals surface area (Å²) in [5.41, 5.74) is 2.08. The first-order chi connectivity index (χ1) is 19.3. The van der Waals surface area contributed by atoms with Gasteiger partial charge in [0.2, 0.25) is 11.8 Å². The summed E-state index contributed by atoms with van der Waals surface area (Å²) in [6.45, 7) is 7.24. The minimum Gasteiger partial charge on any atom is -0.340 e. The van der Waals surface area contributed by atoms with E-state index in [0.29, 0.717) is 29.5 Å². The van der Waals surface area contributed by atoms with E-state index in [1.54, 1.807) is 5.38 Å². The van der Waals surface area contributed by atoms with Crippen molar-refractivity contribution in [3.05, 3.63) is 88.7 Å². The van der Waals surface area contributed by atoms with Crippen molar-refractivity contribution in [3.63, 3.8) is 0 Å². The summed E-state index contributed by atoms with van der Waals surface area (Å²) in [4.78, 5) is 48.4. The van der Waals surface area contributed by atoms with Gasteiger partial charge >= 0.3 is 0 Å². The van der Waals surface area contributed by atoms with Gasteiger partial charge in [-0.05, 0) is 43.7 Å². The third-order valence-electron chi connectivity index (χ3n) is 6.62. The minimum absolute atomic E-state index is 0.0125. The molecule has 1 N–H and O–H groups in total. The van der Waals surface area contributed by atoms with E-state index in [-0.39, 0.29) is 30.8 Å². The van der Waals surface area contributed by atoms with Crippen LogP contribution in [0.25, 0.3) is 6.08 Å². The van der Waals surface area contributed by atoms with Gasteiger partial charge in [-0.1, -0.05) is 42.5 Å². The standard InChI is InChI=1S/C30H34FN5O3S/c1-22(2)36(29(39)24-10-12-25(31)13-11-24)20-27(37)33-30-32-26(21-40-30)19-28(38)35-17-15-34(16-18-35)14-6-9-23-7-4-3-5-8-23/h3-13,21-22H,14-20H2,1-2H3,(H,32,33,37). The number of anilines is 1. The molecule has 210 valence electrons. The van der Waals surface area contributed by atoms with Gasteiger partial charge in [0, 0.05) is 49.7 Å². The van der Waals surface area contributed by atoms with Gasteiger partial charge in [0.1, 0.15) is 12.4 Å². The zero-order chi connectivity index (χ0) is 28.5. The van der Waals surface area contributed by atoms with Gasteiger partial charge in [0.25, 0.3) is 5.91 Å². The topological polar surface area (TPSA) is 85.8 Å². The zero-order valence-corrected chi connectivity index (χ0v) is 23.6. The molecule has 1 aromatic heterocycles. The second-order valence-electron chi connectivity index (χ2n) is 9.90. The average molecular weight is 564 g/mol. The summed E-state index contributed by atoms with van der Waals surface area (Å²) >= 11 is 1.24. The number of aromatic nitrogens is 1. The van der Waals surface area contributed by atoms with E-state index in [1.165, 1.54) is 46.1 Å². The fourth-order valence-corrected chi connectivity index (χ4v) is 5.08. The van der Waals surface area contributed by atoms with Crippen molar-refractivity contribution in [2.75, 3.05) is 44.6 Å². The normalized spacial score (nSPS) is 14.1. The summed E-state index contributed by atoms with van der Waals surface area (Å²) in [6.07, 6.45) is 4.43. The number of hydrogen-bond acceptors (Lipinski definition) is 6. The smallest absolute Gasteiger partial charge is 0.254 e. The van der Waals surface area contributed by atoms with Crippen LogP contribution in [0.3, 0.4) is 0 Å². The lowest BCUT2D eigenvalue weighted by atomic mass is 10.1. The number of hydrogen-bond donors (Lipinski definition) is 1. The molecule has 3 amide bonds. The van der Waals surface area contributed by atoms with Gasteiger partial charge in [-0.3, -0.25) is 19.3 Å². The van der Waals surface area contributed by atoms with Crippen LogP contribution in [-0.4, -0.2) is 82.7 Å². The summed E-state index contributed by atoms with van der Waals surface area (Å²) in [7, 11) is 0. The first-order valence-corrected chi connectivity index (χ1v) is 14.2. The Morgan fingerprint density at radius 2 is 1.75 bits per heavy atom. The van der Waals surface area contributed by atoms with Crippen LogP contribution in [0.4, 0.5) is 9.52 Å². The monoisotopic (exact) mass is 563 g/mol. The van der Waals surface area contributed by atoms with E-state index in [2.05, 4.69) is 39.5 Å². The molecular formula is C30H34FN5O3S. The third-order valence-corrected chi connectivity index (χ3v) is 7.42. The van der Waals surface area contributed by atoms with E-state index in [9.17, 15) is 18.8 Å². The number of carbonyl (C=O) groups is 3. The SMILES string of the molecule is CC(C)N(CC(=O)Nc1nc(CC(=O)N2CCN(CC=Cc3ccccc3)CC2)cs1)C(=O)c1ccc(F)cc1. The predicted octanol–water partition coefficient (Wildman–Crippen LogP) is 4.17. The number of amides is 3. The number of nitrogens with zero attached hydrogens (tertiary/aromatic N) is 4. The van der Waals surface area contributed by atoms with Gasteiger partial charge in [-0.15, -0.1) is 11.3 Å². The molecule has 0 saturated carbocycles. The summed E-state index contributed by atoms with van der Waals surface area (Å²) in [6, 6.07) is 15.2. The number of carbonyl (C=O) groups excluding carboxylic acids is 3. The number of halogens is 1. The molecule has 4 rings (SSSR count). The largest absolute Gasteiger partial charge is 0.340 e. The van der Waals surface area contributed by atoms with E-state index in [4.69, 9.17) is 0 Å². The Hall–Kier alpha value is -3.89. The van der Waals surface area contributed by atoms with Gasteiger partial charge in [0.05, 0.1) is 12.1 Å². The maximum absolute atomic E-state index is 13.2. The highest BCUT2D eigenvalue weighted by Crippen LogP contribution is 2.18. The molecule has 3 aromatic rings. The van der Waals surface area contributed by atoms with Crippen molar-refractivity contribution in [2.45, 2.75) is 26.3 Å². The first kappa shape index (κ1) is 29.1. The van der Waals surface area contributed by atoms with Crippen LogP contribution in [0, 0.1) is 5.82 Å². The molecule has 0 bridgehead atoms. The van der Waals surface area contributed by atoms with Gasteiger partial charge in [0.15, 0.2) is 5.13 Å². The highest BCUT2D eigenvalue weighted by Gasteiger charge is 2.24. The molecule has 1 aliphatic rings. The Morgan fingerprint density at radius 1 is 1.05 bits per heavy atom. The second kappa shape index (κ2) is 14.0. The molecule has 0 spiro atoms. The van der Waals surface area contributed by atoms with Crippen molar-refractivity contribution in [2.24, 2.45) is 0 Å². The van der Waals surface area contributed by atoms with Gasteiger partial charge in [-0.2, -0.15) is 0 Å². The van der Waals surface area contributed by atoms with E-state index in [1.807, 2.05) is 36.9 Å². The highest BCUT2D eigenvalue weighted by atomic mass is 32.1. The molecule has 0 unspecified atom stereocenters. The molecule has 0 radical (unpaired) electrons.